The van der Waals surface area contributed by atoms with Crippen LogP contribution in [0.15, 0.2) is 40.9 Å². The molecule has 1 aromatic carbocycles. The Morgan fingerprint density at radius 1 is 1.28 bits per heavy atom. The standard InChI is InChI=1S/C15H20N2O/c1-3-14-10-17-15(18-14)11-16-9-12(2)13-7-5-4-6-8-13/h4-8,10,12,16H,3,9,11H2,1-2H3. The van der Waals surface area contributed by atoms with Crippen LogP contribution in [0.3, 0.4) is 0 Å². The van der Waals surface area contributed by atoms with Crippen molar-refractivity contribution in [1.29, 1.82) is 0 Å². The molecule has 0 fully saturated rings. The summed E-state index contributed by atoms with van der Waals surface area (Å²) in [6.07, 6.45) is 2.70. The third-order valence-electron chi connectivity index (χ3n) is 3.05. The van der Waals surface area contributed by atoms with Gasteiger partial charge >= 0.3 is 0 Å². The van der Waals surface area contributed by atoms with E-state index in [9.17, 15) is 0 Å². The molecule has 0 bridgehead atoms. The monoisotopic (exact) mass is 244 g/mol. The van der Waals surface area contributed by atoms with Crippen LogP contribution in [0, 0.1) is 0 Å². The van der Waals surface area contributed by atoms with Gasteiger partial charge in [0, 0.05) is 13.0 Å². The molecular weight excluding hydrogens is 224 g/mol. The molecule has 18 heavy (non-hydrogen) atoms. The number of oxazole rings is 1. The van der Waals surface area contributed by atoms with E-state index in [1.807, 2.05) is 6.07 Å². The number of aryl methyl sites for hydroxylation is 1. The molecule has 0 saturated heterocycles. The van der Waals surface area contributed by atoms with Crippen LogP contribution in [-0.2, 0) is 13.0 Å². The normalized spacial score (nSPS) is 12.6. The fraction of sp³-hybridized carbons (Fsp3) is 0.400. The molecule has 0 radical (unpaired) electrons. The molecule has 1 heterocycles. The van der Waals surface area contributed by atoms with Crippen molar-refractivity contribution < 1.29 is 4.42 Å². The van der Waals surface area contributed by atoms with Gasteiger partial charge in [0.25, 0.3) is 0 Å². The minimum atomic E-state index is 0.492. The first-order valence-electron chi connectivity index (χ1n) is 6.49. The van der Waals surface area contributed by atoms with Gasteiger partial charge in [0.2, 0.25) is 5.89 Å². The summed E-state index contributed by atoms with van der Waals surface area (Å²) in [6.45, 7) is 5.90. The Morgan fingerprint density at radius 2 is 2.06 bits per heavy atom. The molecule has 2 aromatic rings. The first-order valence-corrected chi connectivity index (χ1v) is 6.49. The van der Waals surface area contributed by atoms with Gasteiger partial charge in [-0.1, -0.05) is 44.2 Å². The minimum absolute atomic E-state index is 0.492. The third-order valence-corrected chi connectivity index (χ3v) is 3.05. The molecule has 0 aliphatic heterocycles. The van der Waals surface area contributed by atoms with Crippen LogP contribution in [0.1, 0.15) is 37.0 Å². The molecule has 1 unspecified atom stereocenters. The Labute approximate surface area is 108 Å². The summed E-state index contributed by atoms with van der Waals surface area (Å²) in [5.41, 5.74) is 1.35. The van der Waals surface area contributed by atoms with Gasteiger partial charge in [-0.2, -0.15) is 0 Å². The number of benzene rings is 1. The van der Waals surface area contributed by atoms with E-state index in [1.165, 1.54) is 5.56 Å². The molecule has 96 valence electrons. The smallest absolute Gasteiger partial charge is 0.208 e. The molecule has 3 heteroatoms. The van der Waals surface area contributed by atoms with E-state index in [-0.39, 0.29) is 0 Å². The van der Waals surface area contributed by atoms with Crippen LogP contribution >= 0.6 is 0 Å². The topological polar surface area (TPSA) is 38.1 Å². The summed E-state index contributed by atoms with van der Waals surface area (Å²) in [6, 6.07) is 10.5. The maximum absolute atomic E-state index is 5.55. The van der Waals surface area contributed by atoms with Gasteiger partial charge in [0.1, 0.15) is 5.76 Å². The zero-order valence-electron chi connectivity index (χ0n) is 11.0. The van der Waals surface area contributed by atoms with Crippen molar-refractivity contribution >= 4 is 0 Å². The molecular formula is C15H20N2O. The molecule has 0 aliphatic carbocycles. The fourth-order valence-corrected chi connectivity index (χ4v) is 1.89. The van der Waals surface area contributed by atoms with Crippen LogP contribution in [0.5, 0.6) is 0 Å². The number of rotatable bonds is 6. The lowest BCUT2D eigenvalue weighted by molar-refractivity contribution is 0.435. The molecule has 1 atom stereocenters. The third kappa shape index (κ3) is 3.44. The lowest BCUT2D eigenvalue weighted by atomic mass is 10.0. The molecule has 0 saturated carbocycles. The van der Waals surface area contributed by atoms with Crippen molar-refractivity contribution in [3.05, 3.63) is 53.7 Å². The van der Waals surface area contributed by atoms with Gasteiger partial charge in [-0.25, -0.2) is 4.98 Å². The highest BCUT2D eigenvalue weighted by Gasteiger charge is 2.06. The quantitative estimate of drug-likeness (QED) is 0.848. The van der Waals surface area contributed by atoms with E-state index in [1.54, 1.807) is 6.20 Å². The largest absolute Gasteiger partial charge is 0.444 e. The van der Waals surface area contributed by atoms with Crippen LogP contribution in [0.25, 0.3) is 0 Å². The van der Waals surface area contributed by atoms with Crippen molar-refractivity contribution in [3.63, 3.8) is 0 Å². The van der Waals surface area contributed by atoms with E-state index < -0.39 is 0 Å². The predicted octanol–water partition coefficient (Wildman–Crippen LogP) is 3.13. The second-order valence-electron chi connectivity index (χ2n) is 4.52. The number of nitrogens with one attached hydrogen (secondary N) is 1. The second-order valence-corrected chi connectivity index (χ2v) is 4.52. The molecule has 0 amide bonds. The summed E-state index contributed by atoms with van der Waals surface area (Å²) in [5.74, 6) is 2.21. The van der Waals surface area contributed by atoms with Crippen molar-refractivity contribution in [2.45, 2.75) is 32.7 Å². The minimum Gasteiger partial charge on any atom is -0.444 e. The van der Waals surface area contributed by atoms with Crippen molar-refractivity contribution in [2.24, 2.45) is 0 Å². The van der Waals surface area contributed by atoms with Crippen molar-refractivity contribution in [2.75, 3.05) is 6.54 Å². The van der Waals surface area contributed by atoms with Gasteiger partial charge in [-0.3, -0.25) is 0 Å². The Balaban J connectivity index is 1.78. The number of hydrogen-bond acceptors (Lipinski definition) is 3. The second kappa shape index (κ2) is 6.36. The van der Waals surface area contributed by atoms with Gasteiger partial charge in [0.15, 0.2) is 0 Å². The average molecular weight is 244 g/mol. The number of aromatic nitrogens is 1. The molecule has 1 N–H and O–H groups in total. The van der Waals surface area contributed by atoms with Crippen LogP contribution in [0.4, 0.5) is 0 Å². The maximum atomic E-state index is 5.55. The van der Waals surface area contributed by atoms with Crippen molar-refractivity contribution in [3.8, 4) is 0 Å². The molecule has 0 spiro atoms. The lowest BCUT2D eigenvalue weighted by Gasteiger charge is -2.11. The van der Waals surface area contributed by atoms with E-state index in [2.05, 4.69) is 48.4 Å². The molecule has 1 aromatic heterocycles. The van der Waals surface area contributed by atoms with Gasteiger partial charge in [-0.05, 0) is 11.5 Å². The zero-order chi connectivity index (χ0) is 12.8. The summed E-state index contributed by atoms with van der Waals surface area (Å²) < 4.78 is 5.55. The summed E-state index contributed by atoms with van der Waals surface area (Å²) >= 11 is 0. The number of hydrogen-bond donors (Lipinski definition) is 1. The first-order chi connectivity index (χ1) is 8.79. The Morgan fingerprint density at radius 3 is 2.72 bits per heavy atom. The van der Waals surface area contributed by atoms with Crippen LogP contribution in [-0.4, -0.2) is 11.5 Å². The van der Waals surface area contributed by atoms with E-state index in [0.29, 0.717) is 12.5 Å². The van der Waals surface area contributed by atoms with Gasteiger partial charge in [-0.15, -0.1) is 0 Å². The highest BCUT2D eigenvalue weighted by molar-refractivity contribution is 5.18. The Kier molecular flexibility index (Phi) is 4.53. The molecule has 2 rings (SSSR count). The lowest BCUT2D eigenvalue weighted by Crippen LogP contribution is -2.19. The van der Waals surface area contributed by atoms with Crippen molar-refractivity contribution in [1.82, 2.24) is 10.3 Å². The van der Waals surface area contributed by atoms with Gasteiger partial charge < -0.3 is 9.73 Å². The van der Waals surface area contributed by atoms with Gasteiger partial charge in [0.05, 0.1) is 12.7 Å². The molecule has 3 nitrogen and oxygen atoms in total. The van der Waals surface area contributed by atoms with Crippen LogP contribution in [0.2, 0.25) is 0 Å². The molecule has 0 aliphatic rings. The summed E-state index contributed by atoms with van der Waals surface area (Å²) in [4.78, 5) is 4.23. The maximum Gasteiger partial charge on any atom is 0.208 e. The first kappa shape index (κ1) is 12.8. The Bertz CT molecular complexity index is 464. The Hall–Kier alpha value is -1.61. The number of nitrogens with zero attached hydrogens (tertiary/aromatic N) is 1. The highest BCUT2D eigenvalue weighted by Crippen LogP contribution is 2.13. The average Bonchev–Trinajstić information content (AvgIpc) is 2.87. The summed E-state index contributed by atoms with van der Waals surface area (Å²) in [7, 11) is 0. The SMILES string of the molecule is CCc1cnc(CNCC(C)c2ccccc2)o1. The predicted molar refractivity (Wildman–Crippen MR) is 72.4 cm³/mol. The van der Waals surface area contributed by atoms with E-state index in [4.69, 9.17) is 4.42 Å². The fourth-order valence-electron chi connectivity index (χ4n) is 1.89. The zero-order valence-corrected chi connectivity index (χ0v) is 11.0. The van der Waals surface area contributed by atoms with E-state index >= 15 is 0 Å². The summed E-state index contributed by atoms with van der Waals surface area (Å²) in [5, 5.41) is 3.38. The van der Waals surface area contributed by atoms with Crippen LogP contribution < -0.4 is 5.32 Å². The highest BCUT2D eigenvalue weighted by atomic mass is 16.4. The van der Waals surface area contributed by atoms with E-state index in [0.717, 1.165) is 24.6 Å².